The molecule has 2 nitrogen and oxygen atoms in total. The number of fused-ring (bicyclic) bond motifs is 1. The Hall–Kier alpha value is -2.13. The van der Waals surface area contributed by atoms with E-state index in [1.54, 1.807) is 6.07 Å². The van der Waals surface area contributed by atoms with Crippen LogP contribution in [0.1, 0.15) is 15.9 Å². The number of hydrogen-bond acceptors (Lipinski definition) is 2. The Bertz CT molecular complexity index is 782. The van der Waals surface area contributed by atoms with Crippen LogP contribution in [0.25, 0.3) is 10.8 Å². The van der Waals surface area contributed by atoms with E-state index in [1.807, 2.05) is 60.7 Å². The van der Waals surface area contributed by atoms with Gasteiger partial charge in [-0.2, -0.15) is 0 Å². The van der Waals surface area contributed by atoms with Crippen LogP contribution >= 0.6 is 15.9 Å². The lowest BCUT2D eigenvalue weighted by atomic mass is 10.1. The lowest BCUT2D eigenvalue weighted by molar-refractivity contribution is 0.0472. The third-order valence-electron chi connectivity index (χ3n) is 3.30. The molecule has 104 valence electrons. The number of carbonyl (C=O) groups excluding carboxylic acids is 1. The van der Waals surface area contributed by atoms with Crippen molar-refractivity contribution in [2.24, 2.45) is 0 Å². The highest BCUT2D eigenvalue weighted by atomic mass is 79.9. The van der Waals surface area contributed by atoms with Gasteiger partial charge in [0.25, 0.3) is 0 Å². The highest BCUT2D eigenvalue weighted by Crippen LogP contribution is 2.28. The minimum absolute atomic E-state index is 0.277. The van der Waals surface area contributed by atoms with E-state index >= 15 is 0 Å². The summed E-state index contributed by atoms with van der Waals surface area (Å²) in [7, 11) is 0. The Morgan fingerprint density at radius 1 is 0.905 bits per heavy atom. The van der Waals surface area contributed by atoms with Gasteiger partial charge in [0.1, 0.15) is 6.61 Å². The molecule has 0 aliphatic carbocycles. The first kappa shape index (κ1) is 13.8. The molecule has 0 amide bonds. The lowest BCUT2D eigenvalue weighted by Gasteiger charge is -2.08. The first-order chi connectivity index (χ1) is 10.3. The number of halogens is 1. The second-order valence-electron chi connectivity index (χ2n) is 4.71. The maximum Gasteiger partial charge on any atom is 0.339 e. The van der Waals surface area contributed by atoms with E-state index in [-0.39, 0.29) is 12.6 Å². The van der Waals surface area contributed by atoms with Crippen LogP contribution in [0.5, 0.6) is 0 Å². The van der Waals surface area contributed by atoms with Crippen molar-refractivity contribution in [1.29, 1.82) is 0 Å². The van der Waals surface area contributed by atoms with Crippen LogP contribution in [-0.4, -0.2) is 5.97 Å². The molecular formula is C18H13BrO2. The van der Waals surface area contributed by atoms with Crippen molar-refractivity contribution in [2.75, 3.05) is 0 Å². The summed E-state index contributed by atoms with van der Waals surface area (Å²) in [6.45, 7) is 0.277. The van der Waals surface area contributed by atoms with Gasteiger partial charge in [-0.1, -0.05) is 60.7 Å². The SMILES string of the molecule is O=C(OCc1ccccc1)c1ccc2ccccc2c1Br. The van der Waals surface area contributed by atoms with Gasteiger partial charge in [0.05, 0.1) is 5.56 Å². The number of rotatable bonds is 3. The minimum Gasteiger partial charge on any atom is -0.457 e. The molecule has 0 unspecified atom stereocenters. The smallest absolute Gasteiger partial charge is 0.339 e. The minimum atomic E-state index is -0.323. The summed E-state index contributed by atoms with van der Waals surface area (Å²) in [6.07, 6.45) is 0. The van der Waals surface area contributed by atoms with Gasteiger partial charge < -0.3 is 4.74 Å². The summed E-state index contributed by atoms with van der Waals surface area (Å²) in [5.41, 5.74) is 1.52. The molecule has 0 saturated carbocycles. The molecule has 0 heterocycles. The van der Waals surface area contributed by atoms with Gasteiger partial charge in [-0.3, -0.25) is 0 Å². The molecule has 0 atom stereocenters. The van der Waals surface area contributed by atoms with Gasteiger partial charge in [-0.15, -0.1) is 0 Å². The van der Waals surface area contributed by atoms with Crippen LogP contribution in [0.3, 0.4) is 0 Å². The summed E-state index contributed by atoms with van der Waals surface area (Å²) >= 11 is 3.51. The van der Waals surface area contributed by atoms with Gasteiger partial charge in [-0.25, -0.2) is 4.79 Å². The zero-order chi connectivity index (χ0) is 14.7. The highest BCUT2D eigenvalue weighted by molar-refractivity contribution is 9.10. The molecule has 3 aromatic rings. The van der Waals surface area contributed by atoms with E-state index < -0.39 is 0 Å². The second-order valence-corrected chi connectivity index (χ2v) is 5.50. The number of esters is 1. The van der Waals surface area contributed by atoms with Crippen molar-refractivity contribution in [3.63, 3.8) is 0 Å². The fourth-order valence-electron chi connectivity index (χ4n) is 2.19. The molecule has 3 rings (SSSR count). The van der Waals surface area contributed by atoms with E-state index in [1.165, 1.54) is 0 Å². The van der Waals surface area contributed by atoms with E-state index in [9.17, 15) is 4.79 Å². The third-order valence-corrected chi connectivity index (χ3v) is 4.15. The number of hydrogen-bond donors (Lipinski definition) is 0. The zero-order valence-corrected chi connectivity index (χ0v) is 12.8. The standard InChI is InChI=1S/C18H13BrO2/c19-17-15-9-5-4-8-14(15)10-11-16(17)18(20)21-12-13-6-2-1-3-7-13/h1-11H,12H2. The summed E-state index contributed by atoms with van der Waals surface area (Å²) in [5.74, 6) is -0.323. The van der Waals surface area contributed by atoms with Crippen LogP contribution in [0.15, 0.2) is 71.2 Å². The maximum atomic E-state index is 12.2. The van der Waals surface area contributed by atoms with Gasteiger partial charge in [0.15, 0.2) is 0 Å². The van der Waals surface area contributed by atoms with Gasteiger partial charge in [0.2, 0.25) is 0 Å². The van der Waals surface area contributed by atoms with Crippen molar-refractivity contribution in [2.45, 2.75) is 6.61 Å². The lowest BCUT2D eigenvalue weighted by Crippen LogP contribution is -2.06. The predicted molar refractivity (Wildman–Crippen MR) is 87.2 cm³/mol. The molecule has 3 aromatic carbocycles. The predicted octanol–water partition coefficient (Wildman–Crippen LogP) is 4.96. The number of ether oxygens (including phenoxy) is 1. The molecule has 0 aromatic heterocycles. The summed E-state index contributed by atoms with van der Waals surface area (Å²) in [5, 5.41) is 2.09. The number of benzene rings is 3. The van der Waals surface area contributed by atoms with Crippen LogP contribution in [-0.2, 0) is 11.3 Å². The largest absolute Gasteiger partial charge is 0.457 e. The Balaban J connectivity index is 1.83. The molecule has 0 N–H and O–H groups in total. The van der Waals surface area contributed by atoms with Crippen molar-refractivity contribution in [3.8, 4) is 0 Å². The molecule has 3 heteroatoms. The Labute approximate surface area is 131 Å². The van der Waals surface area contributed by atoms with Crippen molar-refractivity contribution in [3.05, 3.63) is 82.3 Å². The highest BCUT2D eigenvalue weighted by Gasteiger charge is 2.13. The first-order valence-corrected chi connectivity index (χ1v) is 7.43. The molecule has 0 aliphatic rings. The van der Waals surface area contributed by atoms with Crippen LogP contribution in [0.2, 0.25) is 0 Å². The summed E-state index contributed by atoms with van der Waals surface area (Å²) in [4.78, 5) is 12.2. The maximum absolute atomic E-state index is 12.2. The molecule has 0 spiro atoms. The monoisotopic (exact) mass is 340 g/mol. The molecular weight excluding hydrogens is 328 g/mol. The van der Waals surface area contributed by atoms with E-state index in [2.05, 4.69) is 15.9 Å². The molecule has 0 radical (unpaired) electrons. The van der Waals surface area contributed by atoms with Crippen LogP contribution < -0.4 is 0 Å². The molecule has 0 bridgehead atoms. The average Bonchev–Trinajstić information content (AvgIpc) is 2.54. The zero-order valence-electron chi connectivity index (χ0n) is 11.3. The normalized spacial score (nSPS) is 10.5. The Kier molecular flexibility index (Phi) is 4.02. The van der Waals surface area contributed by atoms with Gasteiger partial charge >= 0.3 is 5.97 Å². The third kappa shape index (κ3) is 2.98. The molecule has 0 aliphatic heterocycles. The summed E-state index contributed by atoms with van der Waals surface area (Å²) in [6, 6.07) is 21.3. The summed E-state index contributed by atoms with van der Waals surface area (Å²) < 4.78 is 6.15. The average molecular weight is 341 g/mol. The molecule has 21 heavy (non-hydrogen) atoms. The topological polar surface area (TPSA) is 26.3 Å². The van der Waals surface area contributed by atoms with E-state index in [0.717, 1.165) is 20.8 Å². The fourth-order valence-corrected chi connectivity index (χ4v) is 2.85. The molecule has 0 saturated heterocycles. The second kappa shape index (κ2) is 6.10. The van der Waals surface area contributed by atoms with Crippen LogP contribution in [0.4, 0.5) is 0 Å². The van der Waals surface area contributed by atoms with E-state index in [0.29, 0.717) is 5.56 Å². The van der Waals surface area contributed by atoms with Gasteiger partial charge in [0, 0.05) is 4.47 Å². The van der Waals surface area contributed by atoms with Crippen molar-refractivity contribution in [1.82, 2.24) is 0 Å². The Morgan fingerprint density at radius 2 is 1.62 bits per heavy atom. The van der Waals surface area contributed by atoms with Gasteiger partial charge in [-0.05, 0) is 38.3 Å². The van der Waals surface area contributed by atoms with Crippen LogP contribution in [0, 0.1) is 0 Å². The van der Waals surface area contributed by atoms with E-state index in [4.69, 9.17) is 4.74 Å². The number of carbonyl (C=O) groups is 1. The quantitative estimate of drug-likeness (QED) is 0.630. The Morgan fingerprint density at radius 3 is 2.43 bits per heavy atom. The van der Waals surface area contributed by atoms with Crippen molar-refractivity contribution < 1.29 is 9.53 Å². The first-order valence-electron chi connectivity index (χ1n) is 6.64. The van der Waals surface area contributed by atoms with Crippen molar-refractivity contribution >= 4 is 32.7 Å². The fraction of sp³-hybridized carbons (Fsp3) is 0.0556. The molecule has 0 fully saturated rings.